The molecule has 3 aromatic rings. The van der Waals surface area contributed by atoms with Gasteiger partial charge in [0.05, 0.1) is 11.3 Å². The van der Waals surface area contributed by atoms with Gasteiger partial charge < -0.3 is 9.13 Å². The molecule has 0 saturated heterocycles. The normalized spacial score (nSPS) is 13.9. The monoisotopic (exact) mass is 384 g/mol. The zero-order valence-corrected chi connectivity index (χ0v) is 16.4. The van der Waals surface area contributed by atoms with Crippen molar-refractivity contribution < 1.29 is 9.18 Å². The highest BCUT2D eigenvalue weighted by atomic mass is 32.2. The van der Waals surface area contributed by atoms with Crippen LogP contribution in [0.3, 0.4) is 0 Å². The Morgan fingerprint density at radius 1 is 1.26 bits per heavy atom. The number of Topliss-reactive ketones (excluding diaryl/α,β-unsaturated/α-hetero) is 1. The molecular formula is C20H21FN4OS. The molecule has 140 valence electrons. The van der Waals surface area contributed by atoms with Gasteiger partial charge in [0.25, 0.3) is 0 Å². The highest BCUT2D eigenvalue weighted by Crippen LogP contribution is 2.38. The summed E-state index contributed by atoms with van der Waals surface area (Å²) in [7, 11) is 1.79. The van der Waals surface area contributed by atoms with Crippen LogP contribution in [0, 0.1) is 19.7 Å². The molecule has 0 atom stereocenters. The van der Waals surface area contributed by atoms with E-state index in [0.29, 0.717) is 22.6 Å². The van der Waals surface area contributed by atoms with E-state index in [1.165, 1.54) is 30.7 Å². The van der Waals surface area contributed by atoms with Crippen LogP contribution in [0.2, 0.25) is 0 Å². The van der Waals surface area contributed by atoms with Crippen molar-refractivity contribution in [3.63, 3.8) is 0 Å². The highest BCUT2D eigenvalue weighted by molar-refractivity contribution is 7.99. The first-order valence-electron chi connectivity index (χ1n) is 8.96. The molecule has 1 aliphatic carbocycles. The van der Waals surface area contributed by atoms with Crippen LogP contribution in [0.15, 0.2) is 35.5 Å². The van der Waals surface area contributed by atoms with Gasteiger partial charge in [0.1, 0.15) is 5.82 Å². The Bertz CT molecular complexity index is 1020. The van der Waals surface area contributed by atoms with Gasteiger partial charge in [-0.3, -0.25) is 4.79 Å². The molecule has 1 saturated carbocycles. The largest absolute Gasteiger partial charge is 0.345 e. The number of aromatic nitrogens is 4. The summed E-state index contributed by atoms with van der Waals surface area (Å²) in [5, 5.41) is 8.83. The summed E-state index contributed by atoms with van der Waals surface area (Å²) in [6.07, 6.45) is 2.38. The van der Waals surface area contributed by atoms with Crippen LogP contribution in [0.4, 0.5) is 4.39 Å². The van der Waals surface area contributed by atoms with Crippen LogP contribution < -0.4 is 0 Å². The maximum Gasteiger partial charge on any atom is 0.191 e. The number of carbonyl (C=O) groups is 1. The quantitative estimate of drug-likeness (QED) is 0.468. The van der Waals surface area contributed by atoms with Crippen molar-refractivity contribution >= 4 is 17.5 Å². The van der Waals surface area contributed by atoms with E-state index in [1.54, 1.807) is 29.8 Å². The molecular weight excluding hydrogens is 363 g/mol. The molecule has 1 fully saturated rings. The van der Waals surface area contributed by atoms with Gasteiger partial charge in [-0.2, -0.15) is 0 Å². The number of carbonyl (C=O) groups excluding carboxylic acids is 1. The Labute approximate surface area is 161 Å². The number of thioether (sulfide) groups is 1. The van der Waals surface area contributed by atoms with Crippen molar-refractivity contribution in [1.82, 2.24) is 19.3 Å². The number of nitrogens with zero attached hydrogens (tertiary/aromatic N) is 4. The van der Waals surface area contributed by atoms with E-state index in [1.807, 2.05) is 13.0 Å². The van der Waals surface area contributed by atoms with Gasteiger partial charge in [-0.15, -0.1) is 10.2 Å². The first-order valence-corrected chi connectivity index (χ1v) is 9.94. The van der Waals surface area contributed by atoms with Crippen molar-refractivity contribution in [2.75, 3.05) is 5.75 Å². The van der Waals surface area contributed by atoms with Crippen molar-refractivity contribution in [2.45, 2.75) is 37.9 Å². The number of rotatable bonds is 6. The Kier molecular flexibility index (Phi) is 4.63. The first-order chi connectivity index (χ1) is 13.0. The third-order valence-corrected chi connectivity index (χ3v) is 6.00. The molecule has 5 nitrogen and oxygen atoms in total. The number of halogens is 1. The van der Waals surface area contributed by atoms with Crippen LogP contribution in [0.1, 0.15) is 40.6 Å². The lowest BCUT2D eigenvalue weighted by Crippen LogP contribution is -2.06. The zero-order valence-electron chi connectivity index (χ0n) is 15.6. The first kappa shape index (κ1) is 18.0. The topological polar surface area (TPSA) is 52.7 Å². The van der Waals surface area contributed by atoms with Gasteiger partial charge >= 0.3 is 0 Å². The van der Waals surface area contributed by atoms with E-state index in [2.05, 4.69) is 21.7 Å². The molecule has 0 aliphatic heterocycles. The van der Waals surface area contributed by atoms with Gasteiger partial charge in [-0.1, -0.05) is 23.9 Å². The van der Waals surface area contributed by atoms with E-state index < -0.39 is 0 Å². The lowest BCUT2D eigenvalue weighted by molar-refractivity contribution is 0.102. The van der Waals surface area contributed by atoms with Crippen LogP contribution in [0.5, 0.6) is 0 Å². The molecule has 0 bridgehead atoms. The average Bonchev–Trinajstić information content (AvgIpc) is 3.34. The summed E-state index contributed by atoms with van der Waals surface area (Å²) < 4.78 is 18.0. The van der Waals surface area contributed by atoms with Crippen LogP contribution in [-0.4, -0.2) is 30.9 Å². The maximum atomic E-state index is 14.0. The lowest BCUT2D eigenvalue weighted by atomic mass is 10.2. The smallest absolute Gasteiger partial charge is 0.191 e. The molecule has 2 heterocycles. The third kappa shape index (κ3) is 3.32. The van der Waals surface area contributed by atoms with E-state index in [0.717, 1.165) is 17.0 Å². The molecule has 27 heavy (non-hydrogen) atoms. The molecule has 7 heteroatoms. The number of benzene rings is 1. The number of hydrogen-bond acceptors (Lipinski definition) is 4. The minimum absolute atomic E-state index is 0.0791. The Balaban J connectivity index is 1.51. The molecule has 1 aliphatic rings. The predicted octanol–water partition coefficient (Wildman–Crippen LogP) is 4.35. The zero-order chi connectivity index (χ0) is 19.1. The summed E-state index contributed by atoms with van der Waals surface area (Å²) in [4.78, 5) is 12.7. The Morgan fingerprint density at radius 2 is 2.00 bits per heavy atom. The second-order valence-corrected chi connectivity index (χ2v) is 7.89. The van der Waals surface area contributed by atoms with Crippen molar-refractivity contribution in [3.8, 4) is 11.4 Å². The summed E-state index contributed by atoms with van der Waals surface area (Å²) in [6.45, 7) is 4.07. The summed E-state index contributed by atoms with van der Waals surface area (Å²) in [6, 6.07) is 9.02. The molecule has 0 N–H and O–H groups in total. The van der Waals surface area contributed by atoms with Crippen LogP contribution >= 0.6 is 11.8 Å². The number of ketones is 1. The summed E-state index contributed by atoms with van der Waals surface area (Å²) in [5.74, 6) is 0.469. The fourth-order valence-electron chi connectivity index (χ4n) is 3.48. The van der Waals surface area contributed by atoms with E-state index in [-0.39, 0.29) is 17.4 Å². The predicted molar refractivity (Wildman–Crippen MR) is 104 cm³/mol. The van der Waals surface area contributed by atoms with E-state index in [4.69, 9.17) is 0 Å². The maximum absolute atomic E-state index is 14.0. The molecule has 0 radical (unpaired) electrons. The van der Waals surface area contributed by atoms with Crippen LogP contribution in [0.25, 0.3) is 11.4 Å². The Hall–Kier alpha value is -2.41. The summed E-state index contributed by atoms with van der Waals surface area (Å²) in [5.41, 5.74) is 3.37. The molecule has 0 unspecified atom stereocenters. The summed E-state index contributed by atoms with van der Waals surface area (Å²) >= 11 is 1.33. The van der Waals surface area contributed by atoms with Gasteiger partial charge in [0, 0.05) is 30.0 Å². The van der Waals surface area contributed by atoms with Gasteiger partial charge in [-0.05, 0) is 44.9 Å². The lowest BCUT2D eigenvalue weighted by Gasteiger charge is -2.07. The van der Waals surface area contributed by atoms with Crippen molar-refractivity contribution in [3.05, 3.63) is 53.1 Å². The SMILES string of the molecule is Cc1cc(C(=O)CSc2nnc(-c3ccccc3F)n2C)c(C)n1C1CC1. The minimum Gasteiger partial charge on any atom is -0.345 e. The number of aryl methyl sites for hydroxylation is 1. The molecule has 2 aromatic heterocycles. The molecule has 4 rings (SSSR count). The molecule has 0 spiro atoms. The number of hydrogen-bond donors (Lipinski definition) is 0. The van der Waals surface area contributed by atoms with Crippen LogP contribution in [-0.2, 0) is 7.05 Å². The minimum atomic E-state index is -0.340. The van der Waals surface area contributed by atoms with E-state index in [9.17, 15) is 9.18 Å². The second-order valence-electron chi connectivity index (χ2n) is 6.94. The van der Waals surface area contributed by atoms with Crippen molar-refractivity contribution in [1.29, 1.82) is 0 Å². The van der Waals surface area contributed by atoms with Gasteiger partial charge in [0.2, 0.25) is 0 Å². The van der Waals surface area contributed by atoms with Gasteiger partial charge in [-0.25, -0.2) is 4.39 Å². The highest BCUT2D eigenvalue weighted by Gasteiger charge is 2.28. The molecule has 0 amide bonds. The third-order valence-electron chi connectivity index (χ3n) is 4.98. The fraction of sp³-hybridized carbons (Fsp3) is 0.350. The van der Waals surface area contributed by atoms with Gasteiger partial charge in [0.15, 0.2) is 16.8 Å². The Morgan fingerprint density at radius 3 is 2.70 bits per heavy atom. The average molecular weight is 384 g/mol. The van der Waals surface area contributed by atoms with Crippen molar-refractivity contribution in [2.24, 2.45) is 7.05 Å². The second kappa shape index (κ2) is 6.96. The standard InChI is InChI=1S/C20H21FN4OS/c1-12-10-16(13(2)25(12)14-8-9-14)18(26)11-27-20-23-22-19(24(20)3)15-6-4-5-7-17(15)21/h4-7,10,14H,8-9,11H2,1-3H3. The van der Waals surface area contributed by atoms with E-state index >= 15 is 0 Å². The fourth-order valence-corrected chi connectivity index (χ4v) is 4.27. The molecule has 1 aromatic carbocycles.